The standard InChI is InChI=1S/C11H11ClN2O2S2/c12-8-2-1-3-9(6-8)13-11(17)14-10-4-5-18(15,16)7-10/h1-4,6H,5,7H2,(H2,13,14,17). The number of thiocarbonyl (C=S) groups is 1. The molecule has 1 aromatic rings. The van der Waals surface area contributed by atoms with Gasteiger partial charge in [-0.05, 0) is 36.5 Å². The minimum Gasteiger partial charge on any atom is -0.335 e. The molecule has 0 amide bonds. The Hall–Kier alpha value is -1.11. The fourth-order valence-electron chi connectivity index (χ4n) is 1.54. The quantitative estimate of drug-likeness (QED) is 0.818. The van der Waals surface area contributed by atoms with Crippen molar-refractivity contribution in [2.45, 2.75) is 0 Å². The van der Waals surface area contributed by atoms with Crippen LogP contribution in [0.2, 0.25) is 5.02 Å². The van der Waals surface area contributed by atoms with Gasteiger partial charge in [0.2, 0.25) is 0 Å². The lowest BCUT2D eigenvalue weighted by Crippen LogP contribution is -2.29. The lowest BCUT2D eigenvalue weighted by molar-refractivity contribution is 0.603. The molecule has 4 nitrogen and oxygen atoms in total. The first-order valence-electron chi connectivity index (χ1n) is 5.18. The molecule has 0 aliphatic carbocycles. The Labute approximate surface area is 116 Å². The van der Waals surface area contributed by atoms with E-state index in [0.29, 0.717) is 15.8 Å². The average molecular weight is 303 g/mol. The number of sulfone groups is 1. The van der Waals surface area contributed by atoms with E-state index in [1.165, 1.54) is 0 Å². The normalized spacial score (nSPS) is 17.1. The van der Waals surface area contributed by atoms with Crippen molar-refractivity contribution < 1.29 is 8.42 Å². The van der Waals surface area contributed by atoms with Crippen molar-refractivity contribution in [2.75, 3.05) is 16.8 Å². The van der Waals surface area contributed by atoms with Crippen LogP contribution in [-0.4, -0.2) is 25.0 Å². The zero-order valence-corrected chi connectivity index (χ0v) is 11.7. The second-order valence-corrected chi connectivity index (χ2v) is 6.83. The molecule has 0 fully saturated rings. The van der Waals surface area contributed by atoms with Crippen molar-refractivity contribution in [3.63, 3.8) is 0 Å². The number of anilines is 1. The molecule has 1 aliphatic heterocycles. The molecule has 18 heavy (non-hydrogen) atoms. The summed E-state index contributed by atoms with van der Waals surface area (Å²) in [5, 5.41) is 6.75. The SMILES string of the molecule is O=S1(=O)CC=C(NC(=S)Nc2cccc(Cl)c2)C1. The van der Waals surface area contributed by atoms with Gasteiger partial charge in [-0.15, -0.1) is 0 Å². The topological polar surface area (TPSA) is 58.2 Å². The number of hydrogen-bond donors (Lipinski definition) is 2. The molecule has 2 N–H and O–H groups in total. The largest absolute Gasteiger partial charge is 0.335 e. The molecule has 0 aromatic heterocycles. The van der Waals surface area contributed by atoms with E-state index in [1.54, 1.807) is 24.3 Å². The molecule has 2 rings (SSSR count). The van der Waals surface area contributed by atoms with Crippen molar-refractivity contribution in [3.05, 3.63) is 41.1 Å². The van der Waals surface area contributed by atoms with Gasteiger partial charge < -0.3 is 10.6 Å². The van der Waals surface area contributed by atoms with Gasteiger partial charge >= 0.3 is 0 Å². The molecule has 0 saturated carbocycles. The average Bonchev–Trinajstić information content (AvgIpc) is 2.57. The first kappa shape index (κ1) is 13.3. The van der Waals surface area contributed by atoms with Crippen molar-refractivity contribution in [2.24, 2.45) is 0 Å². The molecule has 0 spiro atoms. The summed E-state index contributed by atoms with van der Waals surface area (Å²) in [4.78, 5) is 0. The van der Waals surface area contributed by atoms with E-state index in [9.17, 15) is 8.42 Å². The van der Waals surface area contributed by atoms with Crippen molar-refractivity contribution >= 4 is 44.5 Å². The predicted molar refractivity (Wildman–Crippen MR) is 77.5 cm³/mol. The van der Waals surface area contributed by atoms with Crippen molar-refractivity contribution in [1.82, 2.24) is 5.32 Å². The van der Waals surface area contributed by atoms with Gasteiger partial charge in [-0.2, -0.15) is 0 Å². The summed E-state index contributed by atoms with van der Waals surface area (Å²) in [5.74, 6) is 0.0689. The Bertz CT molecular complexity index is 611. The summed E-state index contributed by atoms with van der Waals surface area (Å²) in [6.07, 6.45) is 1.63. The molecule has 0 saturated heterocycles. The highest BCUT2D eigenvalue weighted by atomic mass is 35.5. The number of halogens is 1. The van der Waals surface area contributed by atoms with E-state index in [2.05, 4.69) is 10.6 Å². The van der Waals surface area contributed by atoms with Crippen LogP contribution in [0.25, 0.3) is 0 Å². The first-order valence-corrected chi connectivity index (χ1v) is 7.78. The minimum atomic E-state index is -2.98. The molecule has 0 atom stereocenters. The molecular formula is C11H11ClN2O2S2. The van der Waals surface area contributed by atoms with Crippen LogP contribution in [0.1, 0.15) is 0 Å². The smallest absolute Gasteiger partial charge is 0.175 e. The molecule has 0 bridgehead atoms. The Morgan fingerprint density at radius 3 is 2.72 bits per heavy atom. The fourth-order valence-corrected chi connectivity index (χ4v) is 3.22. The van der Waals surface area contributed by atoms with Crippen LogP contribution in [-0.2, 0) is 9.84 Å². The molecule has 0 unspecified atom stereocenters. The van der Waals surface area contributed by atoms with E-state index in [4.69, 9.17) is 23.8 Å². The zero-order chi connectivity index (χ0) is 13.2. The number of benzene rings is 1. The Morgan fingerprint density at radius 1 is 1.33 bits per heavy atom. The van der Waals surface area contributed by atoms with Crippen LogP contribution in [0.4, 0.5) is 5.69 Å². The maximum absolute atomic E-state index is 11.3. The van der Waals surface area contributed by atoms with E-state index < -0.39 is 9.84 Å². The van der Waals surface area contributed by atoms with Gasteiger partial charge in [-0.3, -0.25) is 0 Å². The van der Waals surface area contributed by atoms with Gasteiger partial charge in [0, 0.05) is 16.4 Å². The van der Waals surface area contributed by atoms with E-state index in [0.717, 1.165) is 5.69 Å². The van der Waals surface area contributed by atoms with Gasteiger partial charge in [0.1, 0.15) is 0 Å². The summed E-state index contributed by atoms with van der Waals surface area (Å²) >= 11 is 10.9. The lowest BCUT2D eigenvalue weighted by atomic mass is 10.3. The maximum atomic E-state index is 11.3. The predicted octanol–water partition coefficient (Wildman–Crippen LogP) is 1.94. The fraction of sp³-hybridized carbons (Fsp3) is 0.182. The number of rotatable bonds is 2. The minimum absolute atomic E-state index is 0.00433. The highest BCUT2D eigenvalue weighted by Gasteiger charge is 2.20. The molecule has 1 aliphatic rings. The summed E-state index contributed by atoms with van der Waals surface area (Å²) in [5.41, 5.74) is 1.36. The lowest BCUT2D eigenvalue weighted by Gasteiger charge is -2.10. The summed E-state index contributed by atoms with van der Waals surface area (Å²) in [6, 6.07) is 7.11. The van der Waals surface area contributed by atoms with Crippen LogP contribution < -0.4 is 10.6 Å². The highest BCUT2D eigenvalue weighted by Crippen LogP contribution is 2.15. The van der Waals surface area contributed by atoms with Gasteiger partial charge in [-0.1, -0.05) is 17.7 Å². The molecule has 1 heterocycles. The number of hydrogen-bond acceptors (Lipinski definition) is 3. The third kappa shape index (κ3) is 3.69. The van der Waals surface area contributed by atoms with Crippen LogP contribution in [0, 0.1) is 0 Å². The Kier molecular flexibility index (Phi) is 3.89. The second kappa shape index (κ2) is 5.26. The monoisotopic (exact) mass is 302 g/mol. The van der Waals surface area contributed by atoms with Gasteiger partial charge in [0.15, 0.2) is 14.9 Å². The molecule has 1 aromatic carbocycles. The first-order chi connectivity index (χ1) is 8.44. The van der Waals surface area contributed by atoms with Crippen LogP contribution in [0.3, 0.4) is 0 Å². The third-order valence-electron chi connectivity index (χ3n) is 2.32. The van der Waals surface area contributed by atoms with Crippen molar-refractivity contribution in [3.8, 4) is 0 Å². The van der Waals surface area contributed by atoms with E-state index in [-0.39, 0.29) is 11.5 Å². The Morgan fingerprint density at radius 2 is 2.11 bits per heavy atom. The molecule has 96 valence electrons. The second-order valence-electron chi connectivity index (χ2n) is 3.87. The molecular weight excluding hydrogens is 292 g/mol. The third-order valence-corrected chi connectivity index (χ3v) is 4.18. The molecule has 7 heteroatoms. The van der Waals surface area contributed by atoms with Crippen LogP contribution in [0.5, 0.6) is 0 Å². The summed E-state index contributed by atoms with van der Waals surface area (Å²) in [7, 11) is -2.98. The van der Waals surface area contributed by atoms with Gasteiger partial charge in [0.05, 0.1) is 11.5 Å². The van der Waals surface area contributed by atoms with Crippen LogP contribution in [0.15, 0.2) is 36.0 Å². The summed E-state index contributed by atoms with van der Waals surface area (Å²) < 4.78 is 22.5. The van der Waals surface area contributed by atoms with Gasteiger partial charge in [0.25, 0.3) is 0 Å². The van der Waals surface area contributed by atoms with Crippen molar-refractivity contribution in [1.29, 1.82) is 0 Å². The molecule has 0 radical (unpaired) electrons. The Balaban J connectivity index is 1.94. The van der Waals surface area contributed by atoms with E-state index >= 15 is 0 Å². The number of nitrogens with one attached hydrogen (secondary N) is 2. The van der Waals surface area contributed by atoms with Crippen LogP contribution >= 0.6 is 23.8 Å². The van der Waals surface area contributed by atoms with Gasteiger partial charge in [-0.25, -0.2) is 8.42 Å². The highest BCUT2D eigenvalue weighted by molar-refractivity contribution is 7.92. The van der Waals surface area contributed by atoms with E-state index in [1.807, 2.05) is 6.07 Å². The maximum Gasteiger partial charge on any atom is 0.175 e. The zero-order valence-electron chi connectivity index (χ0n) is 9.31. The summed E-state index contributed by atoms with van der Waals surface area (Å²) in [6.45, 7) is 0.